The fourth-order valence-corrected chi connectivity index (χ4v) is 1.92. The third-order valence-corrected chi connectivity index (χ3v) is 3.74. The van der Waals surface area contributed by atoms with Crippen LogP contribution in [0, 0.1) is 0 Å². The van der Waals surface area contributed by atoms with Crippen LogP contribution in [-0.4, -0.2) is 5.97 Å². The third kappa shape index (κ3) is 3.27. The summed E-state index contributed by atoms with van der Waals surface area (Å²) in [6, 6.07) is 16.8. The molecule has 2 rings (SSSR count). The Morgan fingerprint density at radius 3 is 2.15 bits per heavy atom. The largest absolute Gasteiger partial charge is 0.423 e. The first-order chi connectivity index (χ1) is 9.53. The summed E-state index contributed by atoms with van der Waals surface area (Å²) in [6.07, 6.45) is 1.06. The van der Waals surface area contributed by atoms with Crippen LogP contribution in [-0.2, 0) is 5.41 Å². The fraction of sp³-hybridized carbons (Fsp3) is 0.278. The second-order valence-corrected chi connectivity index (χ2v) is 5.52. The van der Waals surface area contributed by atoms with Crippen molar-refractivity contribution in [2.45, 2.75) is 32.6 Å². The first kappa shape index (κ1) is 14.3. The van der Waals surface area contributed by atoms with Crippen molar-refractivity contribution in [3.63, 3.8) is 0 Å². The molecular weight excluding hydrogens is 248 g/mol. The van der Waals surface area contributed by atoms with E-state index in [1.54, 1.807) is 12.1 Å². The van der Waals surface area contributed by atoms with Gasteiger partial charge in [0.25, 0.3) is 0 Å². The first-order valence-electron chi connectivity index (χ1n) is 6.91. The predicted molar refractivity (Wildman–Crippen MR) is 81.2 cm³/mol. The van der Waals surface area contributed by atoms with Gasteiger partial charge in [0.15, 0.2) is 0 Å². The molecule has 0 fully saturated rings. The Labute approximate surface area is 120 Å². The van der Waals surface area contributed by atoms with Gasteiger partial charge in [0, 0.05) is 0 Å². The average molecular weight is 268 g/mol. The Morgan fingerprint density at radius 1 is 1.00 bits per heavy atom. The highest BCUT2D eigenvalue weighted by molar-refractivity contribution is 5.91. The molecule has 0 saturated carbocycles. The Balaban J connectivity index is 2.12. The van der Waals surface area contributed by atoms with Gasteiger partial charge < -0.3 is 4.74 Å². The molecular formula is C18H20O2. The van der Waals surface area contributed by atoms with E-state index in [1.165, 1.54) is 5.56 Å². The van der Waals surface area contributed by atoms with Crippen LogP contribution in [0.25, 0.3) is 0 Å². The van der Waals surface area contributed by atoms with Crippen molar-refractivity contribution >= 4 is 5.97 Å². The maximum Gasteiger partial charge on any atom is 0.343 e. The molecule has 0 atom stereocenters. The number of rotatable bonds is 4. The van der Waals surface area contributed by atoms with Gasteiger partial charge in [0.1, 0.15) is 5.75 Å². The van der Waals surface area contributed by atoms with Crippen molar-refractivity contribution in [3.05, 3.63) is 65.7 Å². The van der Waals surface area contributed by atoms with E-state index in [9.17, 15) is 4.79 Å². The molecule has 0 amide bonds. The quantitative estimate of drug-likeness (QED) is 0.598. The summed E-state index contributed by atoms with van der Waals surface area (Å²) in [5.41, 5.74) is 1.93. The zero-order valence-electron chi connectivity index (χ0n) is 12.2. The molecule has 0 unspecified atom stereocenters. The van der Waals surface area contributed by atoms with E-state index in [0.29, 0.717) is 11.3 Å². The minimum Gasteiger partial charge on any atom is -0.423 e. The summed E-state index contributed by atoms with van der Waals surface area (Å²) in [5.74, 6) is 0.243. The van der Waals surface area contributed by atoms with Crippen LogP contribution >= 0.6 is 0 Å². The summed E-state index contributed by atoms with van der Waals surface area (Å²) in [4.78, 5) is 12.0. The summed E-state index contributed by atoms with van der Waals surface area (Å²) >= 11 is 0. The van der Waals surface area contributed by atoms with Crippen LogP contribution < -0.4 is 4.74 Å². The number of esters is 1. The maximum absolute atomic E-state index is 12.0. The molecule has 0 saturated heterocycles. The number of carbonyl (C=O) groups is 1. The van der Waals surface area contributed by atoms with Crippen LogP contribution in [0.3, 0.4) is 0 Å². The van der Waals surface area contributed by atoms with E-state index in [2.05, 4.69) is 20.8 Å². The first-order valence-corrected chi connectivity index (χ1v) is 6.91. The summed E-state index contributed by atoms with van der Waals surface area (Å²) < 4.78 is 5.31. The molecule has 104 valence electrons. The highest BCUT2D eigenvalue weighted by Gasteiger charge is 2.18. The Bertz CT molecular complexity index is 568. The van der Waals surface area contributed by atoms with Gasteiger partial charge in [-0.2, -0.15) is 0 Å². The summed E-state index contributed by atoms with van der Waals surface area (Å²) in [5, 5.41) is 0. The van der Waals surface area contributed by atoms with Crippen LogP contribution in [0.15, 0.2) is 54.6 Å². The zero-order chi connectivity index (χ0) is 14.6. The van der Waals surface area contributed by atoms with E-state index in [0.717, 1.165) is 6.42 Å². The lowest BCUT2D eigenvalue weighted by molar-refractivity contribution is 0.0734. The lowest BCUT2D eigenvalue weighted by Crippen LogP contribution is -2.16. The second-order valence-electron chi connectivity index (χ2n) is 5.52. The van der Waals surface area contributed by atoms with Gasteiger partial charge in [-0.25, -0.2) is 4.79 Å². The van der Waals surface area contributed by atoms with Gasteiger partial charge in [0.2, 0.25) is 0 Å². The summed E-state index contributed by atoms with van der Waals surface area (Å²) in [6.45, 7) is 6.56. The Kier molecular flexibility index (Phi) is 4.23. The molecule has 0 N–H and O–H groups in total. The van der Waals surface area contributed by atoms with E-state index in [4.69, 9.17) is 4.74 Å². The molecule has 0 aliphatic rings. The summed E-state index contributed by atoms with van der Waals surface area (Å²) in [7, 11) is 0. The molecule has 20 heavy (non-hydrogen) atoms. The molecule has 0 aliphatic heterocycles. The van der Waals surface area contributed by atoms with Crippen molar-refractivity contribution in [2.24, 2.45) is 0 Å². The SMILES string of the molecule is CCC(C)(C)c1ccc(C(=O)Oc2ccccc2)cc1. The molecule has 2 heteroatoms. The topological polar surface area (TPSA) is 26.3 Å². The second kappa shape index (κ2) is 5.91. The average Bonchev–Trinajstić information content (AvgIpc) is 2.48. The number of hydrogen-bond donors (Lipinski definition) is 0. The molecule has 0 radical (unpaired) electrons. The van der Waals surface area contributed by atoms with Gasteiger partial charge in [-0.3, -0.25) is 0 Å². The van der Waals surface area contributed by atoms with Crippen molar-refractivity contribution in [1.29, 1.82) is 0 Å². The number of hydrogen-bond acceptors (Lipinski definition) is 2. The van der Waals surface area contributed by atoms with Gasteiger partial charge >= 0.3 is 5.97 Å². The number of para-hydroxylation sites is 1. The monoisotopic (exact) mass is 268 g/mol. The van der Waals surface area contributed by atoms with Crippen LogP contribution in [0.1, 0.15) is 43.1 Å². The molecule has 0 aliphatic carbocycles. The van der Waals surface area contributed by atoms with Crippen molar-refractivity contribution in [1.82, 2.24) is 0 Å². The molecule has 0 aromatic heterocycles. The van der Waals surface area contributed by atoms with E-state index < -0.39 is 0 Å². The van der Waals surface area contributed by atoms with Gasteiger partial charge in [0.05, 0.1) is 5.56 Å². The van der Waals surface area contributed by atoms with Gasteiger partial charge in [-0.1, -0.05) is 51.1 Å². The smallest absolute Gasteiger partial charge is 0.343 e. The van der Waals surface area contributed by atoms with Crippen LogP contribution in [0.5, 0.6) is 5.75 Å². The number of carbonyl (C=O) groups excluding carboxylic acids is 1. The normalized spacial score (nSPS) is 11.2. The van der Waals surface area contributed by atoms with Gasteiger partial charge in [-0.05, 0) is 41.7 Å². The molecule has 0 heterocycles. The van der Waals surface area contributed by atoms with Crippen molar-refractivity contribution in [2.75, 3.05) is 0 Å². The molecule has 2 aromatic carbocycles. The predicted octanol–water partition coefficient (Wildman–Crippen LogP) is 4.59. The molecule has 0 spiro atoms. The van der Waals surface area contributed by atoms with E-state index in [-0.39, 0.29) is 11.4 Å². The lowest BCUT2D eigenvalue weighted by atomic mass is 9.82. The Morgan fingerprint density at radius 2 is 1.60 bits per heavy atom. The minimum atomic E-state index is -0.322. The highest BCUT2D eigenvalue weighted by atomic mass is 16.5. The van der Waals surface area contributed by atoms with Crippen LogP contribution in [0.4, 0.5) is 0 Å². The maximum atomic E-state index is 12.0. The Hall–Kier alpha value is -2.09. The lowest BCUT2D eigenvalue weighted by Gasteiger charge is -2.23. The molecule has 2 nitrogen and oxygen atoms in total. The van der Waals surface area contributed by atoms with Crippen molar-refractivity contribution < 1.29 is 9.53 Å². The molecule has 0 bridgehead atoms. The van der Waals surface area contributed by atoms with E-state index >= 15 is 0 Å². The number of benzene rings is 2. The minimum absolute atomic E-state index is 0.127. The number of ether oxygens (including phenoxy) is 1. The third-order valence-electron chi connectivity index (χ3n) is 3.74. The van der Waals surface area contributed by atoms with E-state index in [1.807, 2.05) is 42.5 Å². The van der Waals surface area contributed by atoms with Gasteiger partial charge in [-0.15, -0.1) is 0 Å². The van der Waals surface area contributed by atoms with Crippen LogP contribution in [0.2, 0.25) is 0 Å². The zero-order valence-corrected chi connectivity index (χ0v) is 12.2. The fourth-order valence-electron chi connectivity index (χ4n) is 1.92. The highest BCUT2D eigenvalue weighted by Crippen LogP contribution is 2.26. The molecule has 2 aromatic rings. The van der Waals surface area contributed by atoms with Crippen molar-refractivity contribution in [3.8, 4) is 5.75 Å². The standard InChI is InChI=1S/C18H20O2/c1-4-18(2,3)15-12-10-14(11-13-15)17(19)20-16-8-6-5-7-9-16/h5-13H,4H2,1-3H3.